The Labute approximate surface area is 179 Å². The fraction of sp³-hybridized carbons (Fsp3) is 0.227. The van der Waals surface area contributed by atoms with E-state index in [1.807, 2.05) is 35.2 Å². The van der Waals surface area contributed by atoms with Crippen LogP contribution in [0.4, 0.5) is 11.4 Å². The second-order valence-electron chi connectivity index (χ2n) is 6.96. The van der Waals surface area contributed by atoms with E-state index in [0.717, 1.165) is 10.6 Å². The summed E-state index contributed by atoms with van der Waals surface area (Å²) >= 11 is 6.30. The Morgan fingerprint density at radius 2 is 1.43 bits per heavy atom. The van der Waals surface area contributed by atoms with Crippen LogP contribution in [-0.4, -0.2) is 56.0 Å². The summed E-state index contributed by atoms with van der Waals surface area (Å²) in [4.78, 5) is 42.5. The zero-order chi connectivity index (χ0) is 21.3. The fourth-order valence-corrected chi connectivity index (χ4v) is 3.98. The number of esters is 1. The van der Waals surface area contributed by atoms with Crippen LogP contribution in [0.3, 0.4) is 0 Å². The quantitative estimate of drug-likeness (QED) is 0.554. The van der Waals surface area contributed by atoms with Crippen molar-refractivity contribution in [3.8, 4) is 0 Å². The highest BCUT2D eigenvalue weighted by atomic mass is 35.5. The molecule has 2 amide bonds. The molecule has 2 aromatic rings. The fourth-order valence-electron chi connectivity index (χ4n) is 3.69. The molecule has 7 nitrogen and oxygen atoms in total. The highest BCUT2D eigenvalue weighted by molar-refractivity contribution is 6.52. The van der Waals surface area contributed by atoms with E-state index in [2.05, 4.69) is 9.64 Å². The van der Waals surface area contributed by atoms with E-state index in [9.17, 15) is 14.4 Å². The summed E-state index contributed by atoms with van der Waals surface area (Å²) in [5.41, 5.74) is 2.04. The van der Waals surface area contributed by atoms with Crippen molar-refractivity contribution in [3.63, 3.8) is 0 Å². The van der Waals surface area contributed by atoms with Crippen LogP contribution < -0.4 is 9.80 Å². The minimum atomic E-state index is -0.562. The third kappa shape index (κ3) is 3.52. The van der Waals surface area contributed by atoms with E-state index < -0.39 is 17.8 Å². The average molecular weight is 426 g/mol. The Balaban J connectivity index is 1.50. The number of hydrogen-bond donors (Lipinski definition) is 0. The van der Waals surface area contributed by atoms with Crippen LogP contribution in [0.15, 0.2) is 65.3 Å². The second-order valence-corrected chi connectivity index (χ2v) is 7.33. The van der Waals surface area contributed by atoms with Crippen LogP contribution in [0.5, 0.6) is 0 Å². The van der Waals surface area contributed by atoms with E-state index in [4.69, 9.17) is 11.6 Å². The first-order chi connectivity index (χ1) is 14.5. The van der Waals surface area contributed by atoms with E-state index in [1.54, 1.807) is 0 Å². The van der Waals surface area contributed by atoms with Crippen molar-refractivity contribution in [2.24, 2.45) is 0 Å². The number of carbonyl (C=O) groups excluding carboxylic acids is 3. The maximum Gasteiger partial charge on any atom is 0.337 e. The van der Waals surface area contributed by atoms with E-state index >= 15 is 0 Å². The molecule has 0 aromatic heterocycles. The largest absolute Gasteiger partial charge is 0.465 e. The first-order valence-corrected chi connectivity index (χ1v) is 9.91. The summed E-state index contributed by atoms with van der Waals surface area (Å²) in [6.07, 6.45) is 0. The predicted octanol–water partition coefficient (Wildman–Crippen LogP) is 2.62. The Kier molecular flexibility index (Phi) is 5.46. The first-order valence-electron chi connectivity index (χ1n) is 9.53. The predicted molar refractivity (Wildman–Crippen MR) is 113 cm³/mol. The van der Waals surface area contributed by atoms with Gasteiger partial charge in [-0.15, -0.1) is 0 Å². The van der Waals surface area contributed by atoms with Gasteiger partial charge in [0.05, 0.1) is 18.4 Å². The number of para-hydroxylation sites is 1. The number of nitrogens with zero attached hydrogens (tertiary/aromatic N) is 3. The van der Waals surface area contributed by atoms with Gasteiger partial charge in [-0.2, -0.15) is 0 Å². The molecule has 4 rings (SSSR count). The smallest absolute Gasteiger partial charge is 0.337 e. The van der Waals surface area contributed by atoms with Gasteiger partial charge in [-0.3, -0.25) is 9.59 Å². The molecular weight excluding hydrogens is 406 g/mol. The summed E-state index contributed by atoms with van der Waals surface area (Å²) in [5, 5.41) is -0.0785. The van der Waals surface area contributed by atoms with Crippen molar-refractivity contribution in [1.82, 2.24) is 4.90 Å². The van der Waals surface area contributed by atoms with Crippen molar-refractivity contribution in [2.75, 3.05) is 43.1 Å². The molecule has 0 saturated carbocycles. The van der Waals surface area contributed by atoms with Gasteiger partial charge in [0.1, 0.15) is 10.7 Å². The molecule has 0 unspecified atom stereocenters. The molecule has 0 atom stereocenters. The lowest BCUT2D eigenvalue weighted by molar-refractivity contribution is -0.121. The number of carbonyl (C=O) groups is 3. The Morgan fingerprint density at radius 1 is 0.833 bits per heavy atom. The number of rotatable bonds is 4. The van der Waals surface area contributed by atoms with Gasteiger partial charge in [-0.05, 0) is 36.4 Å². The van der Waals surface area contributed by atoms with Gasteiger partial charge in [0.2, 0.25) is 0 Å². The number of methoxy groups -OCH3 is 1. The molecule has 0 radical (unpaired) electrons. The average Bonchev–Trinajstić information content (AvgIpc) is 3.02. The molecule has 154 valence electrons. The molecule has 2 aliphatic rings. The van der Waals surface area contributed by atoms with Gasteiger partial charge >= 0.3 is 5.97 Å². The SMILES string of the molecule is COC(=O)c1ccc(N2C(=O)C(Cl)=C(N3CCN(c4ccccc4)CC3)C2=O)cc1. The molecule has 30 heavy (non-hydrogen) atoms. The van der Waals surface area contributed by atoms with Crippen molar-refractivity contribution in [2.45, 2.75) is 0 Å². The van der Waals surface area contributed by atoms with Crippen LogP contribution in [0, 0.1) is 0 Å². The van der Waals surface area contributed by atoms with E-state index in [-0.39, 0.29) is 10.7 Å². The number of anilines is 2. The highest BCUT2D eigenvalue weighted by Crippen LogP contribution is 2.32. The summed E-state index contributed by atoms with van der Waals surface area (Å²) < 4.78 is 4.67. The summed E-state index contributed by atoms with van der Waals surface area (Å²) in [6.45, 7) is 2.59. The summed E-state index contributed by atoms with van der Waals surface area (Å²) in [6, 6.07) is 16.1. The van der Waals surface area contributed by atoms with Crippen molar-refractivity contribution < 1.29 is 19.1 Å². The third-order valence-electron chi connectivity index (χ3n) is 5.27. The maximum atomic E-state index is 13.1. The lowest BCUT2D eigenvalue weighted by atomic mass is 10.2. The number of amides is 2. The van der Waals surface area contributed by atoms with Gasteiger partial charge in [0.25, 0.3) is 11.8 Å². The Bertz CT molecular complexity index is 1010. The molecule has 2 heterocycles. The van der Waals surface area contributed by atoms with Crippen LogP contribution in [-0.2, 0) is 14.3 Å². The normalized spacial score (nSPS) is 17.1. The van der Waals surface area contributed by atoms with Crippen LogP contribution in [0.2, 0.25) is 0 Å². The van der Waals surface area contributed by atoms with Gasteiger partial charge in [-0.25, -0.2) is 9.69 Å². The lowest BCUT2D eigenvalue weighted by Gasteiger charge is -2.37. The topological polar surface area (TPSA) is 70.2 Å². The van der Waals surface area contributed by atoms with Gasteiger partial charge in [0, 0.05) is 31.9 Å². The molecule has 2 aliphatic heterocycles. The molecule has 2 aromatic carbocycles. The standard InChI is InChI=1S/C22H20ClN3O4/c1-30-22(29)15-7-9-17(10-8-15)26-20(27)18(23)19(21(26)28)25-13-11-24(12-14-25)16-5-3-2-4-6-16/h2-10H,11-14H2,1H3. The highest BCUT2D eigenvalue weighted by Gasteiger charge is 2.42. The molecule has 0 aliphatic carbocycles. The summed E-state index contributed by atoms with van der Waals surface area (Å²) in [5.74, 6) is -1.51. The van der Waals surface area contributed by atoms with Crippen molar-refractivity contribution in [1.29, 1.82) is 0 Å². The monoisotopic (exact) mass is 425 g/mol. The van der Waals surface area contributed by atoms with E-state index in [0.29, 0.717) is 37.4 Å². The zero-order valence-corrected chi connectivity index (χ0v) is 17.1. The first kappa shape index (κ1) is 20.0. The third-order valence-corrected chi connectivity index (χ3v) is 5.61. The number of piperazine rings is 1. The van der Waals surface area contributed by atoms with Crippen LogP contribution >= 0.6 is 11.6 Å². The van der Waals surface area contributed by atoms with Crippen LogP contribution in [0.25, 0.3) is 0 Å². The minimum Gasteiger partial charge on any atom is -0.465 e. The van der Waals surface area contributed by atoms with Crippen molar-refractivity contribution >= 4 is 40.8 Å². The Morgan fingerprint density at radius 3 is 2.03 bits per heavy atom. The van der Waals surface area contributed by atoms with E-state index in [1.165, 1.54) is 31.4 Å². The van der Waals surface area contributed by atoms with Gasteiger partial charge in [-0.1, -0.05) is 29.8 Å². The number of benzene rings is 2. The van der Waals surface area contributed by atoms with Crippen LogP contribution in [0.1, 0.15) is 10.4 Å². The zero-order valence-electron chi connectivity index (χ0n) is 16.4. The van der Waals surface area contributed by atoms with Crippen molar-refractivity contribution in [3.05, 3.63) is 70.9 Å². The van der Waals surface area contributed by atoms with Gasteiger partial charge < -0.3 is 14.5 Å². The molecule has 0 bridgehead atoms. The molecule has 0 spiro atoms. The molecule has 1 saturated heterocycles. The molecule has 8 heteroatoms. The maximum absolute atomic E-state index is 13.1. The lowest BCUT2D eigenvalue weighted by Crippen LogP contribution is -2.47. The molecular formula is C22H20ClN3O4. The minimum absolute atomic E-state index is 0.0785. The second kappa shape index (κ2) is 8.20. The molecule has 0 N–H and O–H groups in total. The number of hydrogen-bond acceptors (Lipinski definition) is 6. The number of halogens is 1. The number of ether oxygens (including phenoxy) is 1. The molecule has 1 fully saturated rings. The number of imide groups is 1. The van der Waals surface area contributed by atoms with Gasteiger partial charge in [0.15, 0.2) is 0 Å². The Hall–Kier alpha value is -3.32. The summed E-state index contributed by atoms with van der Waals surface area (Å²) in [7, 11) is 1.29.